The zero-order valence-electron chi connectivity index (χ0n) is 34.3. The maximum Gasteiger partial charge on any atom is 0.143 e. The van der Waals surface area contributed by atoms with Crippen LogP contribution >= 0.6 is 0 Å². The standard InChI is InChI=1S/C59H41NO/c1-36-15-7-8-18-44(36)52-33-42(41-27-29-48-47-21-13-14-24-55(47)60(56(48)35-41)43-16-5-4-6-17-43)34-53(38(52)3)51-31-39(26-25-37(51)2)40-28-30-57-54(32-40)58-49-22-11-9-19-45(49)46-20-10-12-23-50(46)59(58)61-57/h4-35H,1-3H3. The summed E-state index contributed by atoms with van der Waals surface area (Å²) in [5.74, 6) is 0. The van der Waals surface area contributed by atoms with Gasteiger partial charge in [-0.05, 0) is 153 Å². The first-order chi connectivity index (χ1) is 30.0. The maximum absolute atomic E-state index is 6.69. The molecule has 0 saturated heterocycles. The van der Waals surface area contributed by atoms with Crippen LogP contribution in [0.5, 0.6) is 0 Å². The first-order valence-electron chi connectivity index (χ1n) is 21.2. The van der Waals surface area contributed by atoms with Gasteiger partial charge in [0.15, 0.2) is 0 Å². The Morgan fingerprint density at radius 2 is 0.902 bits per heavy atom. The second-order valence-electron chi connectivity index (χ2n) is 16.6. The van der Waals surface area contributed by atoms with Gasteiger partial charge in [0.1, 0.15) is 11.2 Å². The molecule has 0 aliphatic heterocycles. The van der Waals surface area contributed by atoms with Crippen LogP contribution in [-0.2, 0) is 0 Å². The van der Waals surface area contributed by atoms with Gasteiger partial charge in [-0.3, -0.25) is 0 Å². The van der Waals surface area contributed by atoms with Gasteiger partial charge in [0.2, 0.25) is 0 Å². The summed E-state index contributed by atoms with van der Waals surface area (Å²) >= 11 is 0. The number of rotatable bonds is 5. The van der Waals surface area contributed by atoms with Gasteiger partial charge < -0.3 is 8.98 Å². The number of hydrogen-bond acceptors (Lipinski definition) is 1. The van der Waals surface area contributed by atoms with Crippen molar-refractivity contribution in [3.05, 3.63) is 211 Å². The predicted molar refractivity (Wildman–Crippen MR) is 259 cm³/mol. The summed E-state index contributed by atoms with van der Waals surface area (Å²) in [4.78, 5) is 0. The third-order valence-corrected chi connectivity index (χ3v) is 13.1. The highest BCUT2D eigenvalue weighted by molar-refractivity contribution is 6.30. The molecule has 0 unspecified atom stereocenters. The largest absolute Gasteiger partial charge is 0.455 e. The number of fused-ring (bicyclic) bond motifs is 11. The van der Waals surface area contributed by atoms with Gasteiger partial charge in [-0.2, -0.15) is 0 Å². The van der Waals surface area contributed by atoms with Crippen molar-refractivity contribution < 1.29 is 4.42 Å². The predicted octanol–water partition coefficient (Wildman–Crippen LogP) is 16.6. The summed E-state index contributed by atoms with van der Waals surface area (Å²) in [6.07, 6.45) is 0. The average Bonchev–Trinajstić information content (AvgIpc) is 3.86. The second kappa shape index (κ2) is 13.7. The summed E-state index contributed by atoms with van der Waals surface area (Å²) in [5, 5.41) is 9.65. The van der Waals surface area contributed by atoms with E-state index in [4.69, 9.17) is 4.42 Å². The lowest BCUT2D eigenvalue weighted by atomic mass is 9.85. The van der Waals surface area contributed by atoms with E-state index in [-0.39, 0.29) is 0 Å². The summed E-state index contributed by atoms with van der Waals surface area (Å²) in [6, 6.07) is 71.1. The Morgan fingerprint density at radius 3 is 1.70 bits per heavy atom. The van der Waals surface area contributed by atoms with Crippen LogP contribution in [0.1, 0.15) is 16.7 Å². The van der Waals surface area contributed by atoms with Crippen LogP contribution in [0.3, 0.4) is 0 Å². The van der Waals surface area contributed by atoms with E-state index >= 15 is 0 Å². The monoisotopic (exact) mass is 779 g/mol. The number of furan rings is 1. The minimum absolute atomic E-state index is 0.905. The number of aromatic nitrogens is 1. The number of nitrogens with zero attached hydrogens (tertiary/aromatic N) is 1. The van der Waals surface area contributed by atoms with Crippen molar-refractivity contribution in [2.75, 3.05) is 0 Å². The molecule has 0 aliphatic rings. The van der Waals surface area contributed by atoms with Crippen LogP contribution in [0.25, 0.3) is 115 Å². The highest BCUT2D eigenvalue weighted by Gasteiger charge is 2.20. The van der Waals surface area contributed by atoms with Crippen molar-refractivity contribution in [3.63, 3.8) is 0 Å². The lowest BCUT2D eigenvalue weighted by Gasteiger charge is -2.19. The number of hydrogen-bond donors (Lipinski definition) is 0. The molecule has 12 aromatic rings. The van der Waals surface area contributed by atoms with E-state index in [1.165, 1.54) is 105 Å². The van der Waals surface area contributed by atoms with Gasteiger partial charge in [0, 0.05) is 32.6 Å². The quantitative estimate of drug-likeness (QED) is 0.159. The van der Waals surface area contributed by atoms with Crippen LogP contribution < -0.4 is 0 Å². The topological polar surface area (TPSA) is 18.1 Å². The number of para-hydroxylation sites is 2. The highest BCUT2D eigenvalue weighted by Crippen LogP contribution is 2.44. The smallest absolute Gasteiger partial charge is 0.143 e. The molecule has 0 spiro atoms. The summed E-state index contributed by atoms with van der Waals surface area (Å²) < 4.78 is 9.09. The fraction of sp³-hybridized carbons (Fsp3) is 0.0508. The van der Waals surface area contributed by atoms with Crippen LogP contribution in [0.4, 0.5) is 0 Å². The second-order valence-corrected chi connectivity index (χ2v) is 16.6. The SMILES string of the molecule is Cc1ccccc1-c1cc(-c2ccc3c4ccccc4n(-c4ccccc4)c3c2)cc(-c2cc(-c3ccc4oc5c6ccccc6c6ccccc6c5c4c3)ccc2C)c1C. The Bertz CT molecular complexity index is 3730. The van der Waals surface area contributed by atoms with Crippen molar-refractivity contribution in [1.82, 2.24) is 4.57 Å². The molecule has 0 saturated carbocycles. The molecule has 0 aliphatic carbocycles. The van der Waals surface area contributed by atoms with Gasteiger partial charge in [0.05, 0.1) is 11.0 Å². The third kappa shape index (κ3) is 5.49. The first-order valence-corrected chi connectivity index (χ1v) is 21.2. The fourth-order valence-electron chi connectivity index (χ4n) is 10.00. The van der Waals surface area contributed by atoms with Gasteiger partial charge in [0.25, 0.3) is 0 Å². The molecular formula is C59H41NO. The van der Waals surface area contributed by atoms with Gasteiger partial charge >= 0.3 is 0 Å². The molecule has 2 heteroatoms. The molecule has 288 valence electrons. The van der Waals surface area contributed by atoms with Crippen LogP contribution in [0.15, 0.2) is 199 Å². The Balaban J connectivity index is 1.06. The molecule has 10 aromatic carbocycles. The molecule has 0 fully saturated rings. The van der Waals surface area contributed by atoms with Gasteiger partial charge in [-0.15, -0.1) is 0 Å². The highest BCUT2D eigenvalue weighted by atomic mass is 16.3. The first kappa shape index (κ1) is 35.3. The normalized spacial score (nSPS) is 11.9. The minimum atomic E-state index is 0.905. The molecule has 2 nitrogen and oxygen atoms in total. The Hall–Kier alpha value is -7.68. The van der Waals surface area contributed by atoms with E-state index in [9.17, 15) is 0 Å². The van der Waals surface area contributed by atoms with E-state index in [2.05, 4.69) is 219 Å². The molecular weight excluding hydrogens is 739 g/mol. The molecule has 61 heavy (non-hydrogen) atoms. The van der Waals surface area contributed by atoms with E-state index < -0.39 is 0 Å². The number of benzene rings is 10. The summed E-state index contributed by atoms with van der Waals surface area (Å²) in [7, 11) is 0. The van der Waals surface area contributed by atoms with E-state index in [1.54, 1.807) is 0 Å². The van der Waals surface area contributed by atoms with E-state index in [0.29, 0.717) is 0 Å². The molecule has 0 atom stereocenters. The van der Waals surface area contributed by atoms with Crippen LogP contribution in [0.2, 0.25) is 0 Å². The fourth-order valence-corrected chi connectivity index (χ4v) is 10.00. The minimum Gasteiger partial charge on any atom is -0.455 e. The Morgan fingerprint density at radius 1 is 0.344 bits per heavy atom. The summed E-state index contributed by atoms with van der Waals surface area (Å²) in [6.45, 7) is 6.76. The molecule has 2 heterocycles. The Labute approximate surface area is 354 Å². The average molecular weight is 780 g/mol. The van der Waals surface area contributed by atoms with Gasteiger partial charge in [-0.1, -0.05) is 140 Å². The lowest BCUT2D eigenvalue weighted by molar-refractivity contribution is 0.673. The van der Waals surface area contributed by atoms with E-state index in [1.807, 2.05) is 0 Å². The zero-order valence-corrected chi connectivity index (χ0v) is 34.3. The van der Waals surface area contributed by atoms with Crippen molar-refractivity contribution in [1.29, 1.82) is 0 Å². The van der Waals surface area contributed by atoms with E-state index in [0.717, 1.165) is 27.6 Å². The molecule has 0 amide bonds. The van der Waals surface area contributed by atoms with Crippen molar-refractivity contribution in [2.24, 2.45) is 0 Å². The van der Waals surface area contributed by atoms with Crippen molar-refractivity contribution >= 4 is 65.3 Å². The van der Waals surface area contributed by atoms with Crippen LogP contribution in [0, 0.1) is 20.8 Å². The zero-order chi connectivity index (χ0) is 40.8. The maximum atomic E-state index is 6.69. The van der Waals surface area contributed by atoms with Crippen molar-refractivity contribution in [3.8, 4) is 50.2 Å². The van der Waals surface area contributed by atoms with Gasteiger partial charge in [-0.25, -0.2) is 0 Å². The molecule has 12 rings (SSSR count). The molecule has 0 radical (unpaired) electrons. The molecule has 0 N–H and O–H groups in total. The van der Waals surface area contributed by atoms with Crippen molar-refractivity contribution in [2.45, 2.75) is 20.8 Å². The molecule has 0 bridgehead atoms. The lowest BCUT2D eigenvalue weighted by Crippen LogP contribution is -1.96. The summed E-state index contributed by atoms with van der Waals surface area (Å²) in [5.41, 5.74) is 18.9. The van der Waals surface area contributed by atoms with Crippen LogP contribution in [-0.4, -0.2) is 4.57 Å². The number of aryl methyl sites for hydroxylation is 2. The Kier molecular flexibility index (Phi) is 7.92. The molecule has 2 aromatic heterocycles. The third-order valence-electron chi connectivity index (χ3n) is 13.1.